The number of anilines is 1. The Morgan fingerprint density at radius 1 is 1.23 bits per heavy atom. The number of hydrogen-bond acceptors (Lipinski definition) is 8. The molecule has 0 saturated carbocycles. The Hall–Kier alpha value is -2.43. The monoisotopic (exact) mass is 477 g/mol. The molecule has 2 amide bonds. The summed E-state index contributed by atoms with van der Waals surface area (Å²) in [5.74, 6) is 1.10. The Morgan fingerprint density at radius 2 is 2.03 bits per heavy atom. The predicted molar refractivity (Wildman–Crippen MR) is 129 cm³/mol. The van der Waals surface area contributed by atoms with Gasteiger partial charge in [0.05, 0.1) is 19.1 Å². The molecular weight excluding hydrogens is 454 g/mol. The topological polar surface area (TPSA) is 80.8 Å². The third-order valence-corrected chi connectivity index (χ3v) is 6.61. The number of thiazole rings is 1. The van der Waals surface area contributed by atoms with E-state index in [0.29, 0.717) is 38.8 Å². The number of thiocarbonyl (C=S) groups is 1. The van der Waals surface area contributed by atoms with Crippen molar-refractivity contribution < 1.29 is 19.1 Å². The molecule has 7 nitrogen and oxygen atoms in total. The van der Waals surface area contributed by atoms with E-state index >= 15 is 0 Å². The quantitative estimate of drug-likeness (QED) is 0.305. The number of amides is 2. The van der Waals surface area contributed by atoms with Gasteiger partial charge in [-0.2, -0.15) is 0 Å². The Labute approximate surface area is 194 Å². The maximum Gasteiger partial charge on any atom is 0.266 e. The van der Waals surface area contributed by atoms with E-state index < -0.39 is 0 Å². The van der Waals surface area contributed by atoms with E-state index in [4.69, 9.17) is 21.7 Å². The van der Waals surface area contributed by atoms with Gasteiger partial charge in [0.15, 0.2) is 16.6 Å². The number of aromatic nitrogens is 1. The predicted octanol–water partition coefficient (Wildman–Crippen LogP) is 4.56. The second kappa shape index (κ2) is 11.3. The Morgan fingerprint density at radius 3 is 2.74 bits per heavy atom. The number of rotatable bonds is 10. The number of carbonyl (C=O) groups is 2. The molecule has 1 N–H and O–H groups in total. The van der Waals surface area contributed by atoms with Gasteiger partial charge in [-0.05, 0) is 36.6 Å². The summed E-state index contributed by atoms with van der Waals surface area (Å²) in [5, 5.41) is 5.20. The molecule has 1 aliphatic rings. The summed E-state index contributed by atoms with van der Waals surface area (Å²) in [6.45, 7) is 0.544. The molecular formula is C21H23N3O4S3. The third-order valence-electron chi connectivity index (χ3n) is 4.54. The van der Waals surface area contributed by atoms with Gasteiger partial charge in [0, 0.05) is 24.5 Å². The lowest BCUT2D eigenvalue weighted by molar-refractivity contribution is -0.122. The number of benzene rings is 1. The first-order chi connectivity index (χ1) is 15.0. The van der Waals surface area contributed by atoms with Gasteiger partial charge in [-0.3, -0.25) is 14.5 Å². The zero-order valence-electron chi connectivity index (χ0n) is 17.3. The van der Waals surface area contributed by atoms with Gasteiger partial charge in [0.1, 0.15) is 4.32 Å². The van der Waals surface area contributed by atoms with Crippen molar-refractivity contribution in [3.8, 4) is 11.5 Å². The van der Waals surface area contributed by atoms with Gasteiger partial charge >= 0.3 is 0 Å². The summed E-state index contributed by atoms with van der Waals surface area (Å²) in [6.07, 6.45) is 6.24. The number of unbranched alkanes of at least 4 members (excludes halogenated alkanes) is 2. The van der Waals surface area contributed by atoms with Crippen LogP contribution < -0.4 is 14.8 Å². The van der Waals surface area contributed by atoms with Crippen LogP contribution in [0.4, 0.5) is 5.13 Å². The smallest absolute Gasteiger partial charge is 0.266 e. The van der Waals surface area contributed by atoms with E-state index in [-0.39, 0.29) is 11.8 Å². The van der Waals surface area contributed by atoms with Crippen molar-refractivity contribution in [1.29, 1.82) is 0 Å². The fourth-order valence-corrected chi connectivity index (χ4v) is 4.84. The number of ether oxygens (including phenoxy) is 2. The highest BCUT2D eigenvalue weighted by atomic mass is 32.2. The number of thioether (sulfide) groups is 1. The summed E-state index contributed by atoms with van der Waals surface area (Å²) in [6, 6.07) is 5.49. The van der Waals surface area contributed by atoms with Crippen LogP contribution in [0.1, 0.15) is 31.2 Å². The Kier molecular flexibility index (Phi) is 8.44. The molecule has 1 aromatic carbocycles. The summed E-state index contributed by atoms with van der Waals surface area (Å²) in [5.41, 5.74) is 0.837. The molecule has 1 saturated heterocycles. The fraction of sp³-hybridized carbons (Fsp3) is 0.333. The van der Waals surface area contributed by atoms with Crippen LogP contribution in [-0.4, -0.2) is 46.8 Å². The molecule has 2 heterocycles. The first-order valence-electron chi connectivity index (χ1n) is 9.68. The first kappa shape index (κ1) is 23.2. The lowest BCUT2D eigenvalue weighted by Crippen LogP contribution is -2.29. The first-order valence-corrected chi connectivity index (χ1v) is 11.8. The maximum absolute atomic E-state index is 12.8. The third kappa shape index (κ3) is 6.28. The molecule has 10 heteroatoms. The van der Waals surface area contributed by atoms with Crippen LogP contribution in [0.25, 0.3) is 6.08 Å². The van der Waals surface area contributed by atoms with E-state index in [2.05, 4.69) is 10.3 Å². The molecule has 1 aromatic heterocycles. The van der Waals surface area contributed by atoms with E-state index in [9.17, 15) is 9.59 Å². The number of nitrogens with one attached hydrogen (secondary N) is 1. The number of hydrogen-bond donors (Lipinski definition) is 1. The van der Waals surface area contributed by atoms with Crippen molar-refractivity contribution in [2.75, 3.05) is 26.1 Å². The number of carbonyl (C=O) groups excluding carboxylic acids is 2. The molecule has 1 aliphatic heterocycles. The van der Waals surface area contributed by atoms with Gasteiger partial charge in [0.2, 0.25) is 5.91 Å². The van der Waals surface area contributed by atoms with E-state index in [1.165, 1.54) is 23.1 Å². The molecule has 31 heavy (non-hydrogen) atoms. The molecule has 3 rings (SSSR count). The molecule has 164 valence electrons. The van der Waals surface area contributed by atoms with Crippen LogP contribution in [0.5, 0.6) is 11.5 Å². The van der Waals surface area contributed by atoms with E-state index in [1.807, 2.05) is 23.6 Å². The van der Waals surface area contributed by atoms with Gasteiger partial charge in [-0.15, -0.1) is 11.3 Å². The summed E-state index contributed by atoms with van der Waals surface area (Å²) in [7, 11) is 3.15. The fourth-order valence-electron chi connectivity index (χ4n) is 2.99. The van der Waals surface area contributed by atoms with Gasteiger partial charge in [0.25, 0.3) is 5.91 Å². The summed E-state index contributed by atoms with van der Waals surface area (Å²) in [4.78, 5) is 30.9. The molecule has 0 spiro atoms. The molecule has 0 unspecified atom stereocenters. The SMILES string of the molecule is COc1ccc(C=C2SC(=S)N(CCCCCC(=O)Nc3nccs3)C2=O)cc1OC. The summed E-state index contributed by atoms with van der Waals surface area (Å²) < 4.78 is 11.1. The molecule has 0 bridgehead atoms. The maximum atomic E-state index is 12.8. The molecule has 0 atom stereocenters. The van der Waals surface area contributed by atoms with Crippen molar-refractivity contribution in [2.45, 2.75) is 25.7 Å². The highest BCUT2D eigenvalue weighted by molar-refractivity contribution is 8.26. The van der Waals surface area contributed by atoms with Crippen molar-refractivity contribution in [3.05, 3.63) is 40.2 Å². The second-order valence-corrected chi connectivity index (χ2v) is 9.21. The average Bonchev–Trinajstić information content (AvgIpc) is 3.36. The zero-order chi connectivity index (χ0) is 22.2. The largest absolute Gasteiger partial charge is 0.493 e. The lowest BCUT2D eigenvalue weighted by atomic mass is 10.1. The van der Waals surface area contributed by atoms with Crippen LogP contribution in [0.15, 0.2) is 34.7 Å². The summed E-state index contributed by atoms with van der Waals surface area (Å²) >= 11 is 8.09. The zero-order valence-corrected chi connectivity index (χ0v) is 19.7. The van der Waals surface area contributed by atoms with Crippen LogP contribution in [0, 0.1) is 0 Å². The van der Waals surface area contributed by atoms with Crippen molar-refractivity contribution in [1.82, 2.24) is 9.88 Å². The van der Waals surface area contributed by atoms with Crippen LogP contribution in [-0.2, 0) is 9.59 Å². The van der Waals surface area contributed by atoms with E-state index in [0.717, 1.165) is 24.8 Å². The van der Waals surface area contributed by atoms with Crippen molar-refractivity contribution >= 4 is 62.7 Å². The standard InChI is InChI=1S/C21H23N3O4S3/c1-27-15-8-7-14(12-16(15)28-2)13-17-19(26)24(21(29)31-17)10-5-3-4-6-18(25)23-20-22-9-11-30-20/h7-9,11-13H,3-6,10H2,1-2H3,(H,22,23,25). The average molecular weight is 478 g/mol. The number of nitrogens with zero attached hydrogens (tertiary/aromatic N) is 2. The van der Waals surface area contributed by atoms with Crippen molar-refractivity contribution in [2.24, 2.45) is 0 Å². The number of methoxy groups -OCH3 is 2. The van der Waals surface area contributed by atoms with E-state index in [1.54, 1.807) is 31.4 Å². The van der Waals surface area contributed by atoms with Gasteiger partial charge in [-0.25, -0.2) is 4.98 Å². The lowest BCUT2D eigenvalue weighted by Gasteiger charge is -2.14. The minimum Gasteiger partial charge on any atom is -0.493 e. The molecule has 2 aromatic rings. The highest BCUT2D eigenvalue weighted by Gasteiger charge is 2.31. The van der Waals surface area contributed by atoms with Crippen molar-refractivity contribution in [3.63, 3.8) is 0 Å². The van der Waals surface area contributed by atoms with Gasteiger partial charge < -0.3 is 14.8 Å². The highest BCUT2D eigenvalue weighted by Crippen LogP contribution is 2.34. The minimum absolute atomic E-state index is 0.0431. The Balaban J connectivity index is 1.47. The molecule has 0 aliphatic carbocycles. The second-order valence-electron chi connectivity index (χ2n) is 6.64. The molecule has 0 radical (unpaired) electrons. The minimum atomic E-state index is -0.0914. The van der Waals surface area contributed by atoms with Crippen LogP contribution in [0.2, 0.25) is 0 Å². The Bertz CT molecular complexity index is 976. The normalized spacial score (nSPS) is 14.9. The molecule has 1 fully saturated rings. The van der Waals surface area contributed by atoms with Crippen LogP contribution >= 0.6 is 35.3 Å². The van der Waals surface area contributed by atoms with Gasteiger partial charge in [-0.1, -0.05) is 36.5 Å². The van der Waals surface area contributed by atoms with Crippen LogP contribution in [0.3, 0.4) is 0 Å².